The quantitative estimate of drug-likeness (QED) is 0.500. The molecule has 0 bridgehead atoms. The molecule has 1 fully saturated rings. The average molecular weight is 512 g/mol. The zero-order valence-corrected chi connectivity index (χ0v) is 23.1. The number of nitrogens with two attached hydrogens (primary N) is 1. The van der Waals surface area contributed by atoms with Gasteiger partial charge in [-0.3, -0.25) is 9.36 Å². The third kappa shape index (κ3) is 5.10. The summed E-state index contributed by atoms with van der Waals surface area (Å²) < 4.78 is 7.97. The van der Waals surface area contributed by atoms with Crippen LogP contribution in [0, 0.1) is 28.6 Å². The van der Waals surface area contributed by atoms with Crippen LogP contribution in [0.4, 0.5) is 5.82 Å². The van der Waals surface area contributed by atoms with E-state index in [2.05, 4.69) is 53.5 Å². The normalized spacial score (nSPS) is 26.3. The van der Waals surface area contributed by atoms with Crippen LogP contribution in [0.2, 0.25) is 5.02 Å². The number of carbonyl (C=O) groups is 1. The van der Waals surface area contributed by atoms with Crippen LogP contribution in [-0.2, 0) is 9.53 Å². The van der Waals surface area contributed by atoms with Gasteiger partial charge in [0, 0.05) is 22.9 Å². The predicted molar refractivity (Wildman–Crippen MR) is 145 cm³/mol. The average Bonchev–Trinajstić information content (AvgIpc) is 3.13. The van der Waals surface area contributed by atoms with Crippen LogP contribution in [0.1, 0.15) is 78.7 Å². The lowest BCUT2D eigenvalue weighted by Crippen LogP contribution is -2.49. The maximum absolute atomic E-state index is 14.0. The molecule has 0 saturated heterocycles. The van der Waals surface area contributed by atoms with Gasteiger partial charge in [0.05, 0.1) is 11.6 Å². The Hall–Kier alpha value is -2.60. The molecule has 6 nitrogen and oxygen atoms in total. The lowest BCUT2D eigenvalue weighted by Gasteiger charge is -2.50. The molecule has 1 saturated carbocycles. The number of ether oxygens (including phenoxy) is 1. The molecule has 194 valence electrons. The Kier molecular flexibility index (Phi) is 6.89. The first kappa shape index (κ1) is 26.5. The molecule has 2 aromatic rings. The van der Waals surface area contributed by atoms with Crippen LogP contribution >= 0.6 is 11.6 Å². The highest BCUT2D eigenvalue weighted by molar-refractivity contribution is 6.30. The minimum absolute atomic E-state index is 0.0291. The number of nitrogen functional groups attached to an aromatic ring is 1. The summed E-state index contributed by atoms with van der Waals surface area (Å²) in [5, 5.41) is 0.574. The summed E-state index contributed by atoms with van der Waals surface area (Å²) >= 11 is 6.12. The van der Waals surface area contributed by atoms with E-state index in [-0.39, 0.29) is 40.1 Å². The first-order valence-corrected chi connectivity index (χ1v) is 13.1. The van der Waals surface area contributed by atoms with E-state index in [0.29, 0.717) is 22.3 Å². The van der Waals surface area contributed by atoms with Crippen molar-refractivity contribution in [1.82, 2.24) is 9.55 Å². The molecule has 1 aliphatic heterocycles. The first-order chi connectivity index (χ1) is 16.7. The van der Waals surface area contributed by atoms with Gasteiger partial charge < -0.3 is 10.5 Å². The second kappa shape index (κ2) is 9.37. The number of benzene rings is 1. The van der Waals surface area contributed by atoms with E-state index in [4.69, 9.17) is 22.1 Å². The summed E-state index contributed by atoms with van der Waals surface area (Å²) in [6.07, 6.45) is 3.42. The Morgan fingerprint density at radius 2 is 1.61 bits per heavy atom. The fraction of sp³-hybridized carbons (Fsp3) is 0.552. The van der Waals surface area contributed by atoms with E-state index < -0.39 is 12.0 Å². The number of rotatable bonds is 3. The first-order valence-electron chi connectivity index (χ1n) is 12.7. The van der Waals surface area contributed by atoms with Gasteiger partial charge in [0.25, 0.3) is 5.56 Å². The number of hydrogen-bond donors (Lipinski definition) is 1. The van der Waals surface area contributed by atoms with Gasteiger partial charge in [-0.25, -0.2) is 9.78 Å². The van der Waals surface area contributed by atoms with Crippen molar-refractivity contribution in [2.45, 2.75) is 73.5 Å². The second-order valence-electron chi connectivity index (χ2n) is 12.7. The van der Waals surface area contributed by atoms with Crippen molar-refractivity contribution in [2.75, 3.05) is 5.73 Å². The molecule has 2 N–H and O–H groups in total. The Morgan fingerprint density at radius 1 is 1.06 bits per heavy atom. The Bertz CT molecular complexity index is 1210. The highest BCUT2D eigenvalue weighted by Gasteiger charge is 2.48. The van der Waals surface area contributed by atoms with Crippen LogP contribution in [0.25, 0.3) is 6.08 Å². The minimum atomic E-state index is -0.658. The van der Waals surface area contributed by atoms with Crippen molar-refractivity contribution in [1.29, 1.82) is 0 Å². The molecule has 1 aliphatic carbocycles. The summed E-state index contributed by atoms with van der Waals surface area (Å²) in [4.78, 5) is 31.3. The molecule has 1 aromatic heterocycles. The van der Waals surface area contributed by atoms with Gasteiger partial charge in [-0.2, -0.15) is 0 Å². The van der Waals surface area contributed by atoms with Crippen molar-refractivity contribution in [3.05, 3.63) is 62.7 Å². The third-order valence-electron chi connectivity index (χ3n) is 7.83. The monoisotopic (exact) mass is 511 g/mol. The molecule has 2 heterocycles. The Labute approximate surface area is 218 Å². The molecule has 7 heteroatoms. The molecule has 36 heavy (non-hydrogen) atoms. The number of fused-ring (bicyclic) bond motifs is 1. The number of anilines is 1. The van der Waals surface area contributed by atoms with Crippen molar-refractivity contribution in [3.63, 3.8) is 0 Å². The van der Waals surface area contributed by atoms with Gasteiger partial charge in [-0.15, -0.1) is 0 Å². The SMILES string of the molecule is CC1CC(C(C)(C)C)C(OC(=O)C2=Cc3nc(N)cc(=O)n3C2c2ccc(Cl)cc2)C(C(C)(C)C)C1. The van der Waals surface area contributed by atoms with Gasteiger partial charge in [0.1, 0.15) is 17.7 Å². The molecule has 0 radical (unpaired) electrons. The number of carbonyl (C=O) groups excluding carboxylic acids is 1. The molecule has 0 spiro atoms. The predicted octanol–water partition coefficient (Wildman–Crippen LogP) is 6.13. The van der Waals surface area contributed by atoms with Gasteiger partial charge in [-0.1, -0.05) is 72.2 Å². The van der Waals surface area contributed by atoms with E-state index in [1.165, 1.54) is 10.6 Å². The zero-order valence-electron chi connectivity index (χ0n) is 22.3. The maximum atomic E-state index is 14.0. The molecular weight excluding hydrogens is 474 g/mol. The number of hydrogen-bond acceptors (Lipinski definition) is 5. The van der Waals surface area contributed by atoms with E-state index in [1.807, 2.05) is 12.1 Å². The van der Waals surface area contributed by atoms with Gasteiger partial charge >= 0.3 is 5.97 Å². The van der Waals surface area contributed by atoms with E-state index in [1.54, 1.807) is 18.2 Å². The lowest BCUT2D eigenvalue weighted by atomic mass is 9.59. The standard InChI is InChI=1S/C29H38ClN3O3/c1-16-12-20(28(2,3)4)26(21(13-16)29(5,6)7)36-27(35)19-14-23-32-22(31)15-24(34)33(23)25(19)17-8-10-18(30)11-9-17/h8-11,14-16,20-21,25-26H,12-13,31H2,1-7H3. The number of halogens is 1. The van der Waals surface area contributed by atoms with E-state index in [9.17, 15) is 9.59 Å². The van der Waals surface area contributed by atoms with Crippen molar-refractivity contribution in [3.8, 4) is 0 Å². The van der Waals surface area contributed by atoms with Gasteiger partial charge in [-0.05, 0) is 53.4 Å². The topological polar surface area (TPSA) is 87.2 Å². The summed E-state index contributed by atoms with van der Waals surface area (Å²) in [5.41, 5.74) is 6.63. The summed E-state index contributed by atoms with van der Waals surface area (Å²) in [6, 6.07) is 7.77. The Morgan fingerprint density at radius 3 is 2.14 bits per heavy atom. The van der Waals surface area contributed by atoms with Crippen LogP contribution in [0.5, 0.6) is 0 Å². The molecule has 1 aromatic carbocycles. The summed E-state index contributed by atoms with van der Waals surface area (Å²) in [6.45, 7) is 15.7. The molecule has 3 atom stereocenters. The molecule has 2 aliphatic rings. The second-order valence-corrected chi connectivity index (χ2v) is 13.1. The lowest BCUT2D eigenvalue weighted by molar-refractivity contribution is -0.165. The third-order valence-corrected chi connectivity index (χ3v) is 8.08. The smallest absolute Gasteiger partial charge is 0.336 e. The van der Waals surface area contributed by atoms with Gasteiger partial charge in [0.2, 0.25) is 0 Å². The highest BCUT2D eigenvalue weighted by atomic mass is 35.5. The van der Waals surface area contributed by atoms with Crippen molar-refractivity contribution >= 4 is 29.5 Å². The number of esters is 1. The van der Waals surface area contributed by atoms with Crippen molar-refractivity contribution < 1.29 is 9.53 Å². The largest absolute Gasteiger partial charge is 0.458 e. The minimum Gasteiger partial charge on any atom is -0.458 e. The van der Waals surface area contributed by atoms with Crippen LogP contribution in [-0.4, -0.2) is 21.6 Å². The maximum Gasteiger partial charge on any atom is 0.336 e. The fourth-order valence-electron chi connectivity index (χ4n) is 5.95. The molecule has 4 rings (SSSR count). The van der Waals surface area contributed by atoms with Crippen molar-refractivity contribution in [2.24, 2.45) is 28.6 Å². The summed E-state index contributed by atoms with van der Waals surface area (Å²) in [7, 11) is 0. The van der Waals surface area contributed by atoms with E-state index >= 15 is 0 Å². The highest BCUT2D eigenvalue weighted by Crippen LogP contribution is 2.50. The van der Waals surface area contributed by atoms with Crippen LogP contribution < -0.4 is 11.3 Å². The van der Waals surface area contributed by atoms with Crippen LogP contribution in [0.15, 0.2) is 40.7 Å². The molecular formula is C29H38ClN3O3. The van der Waals surface area contributed by atoms with E-state index in [0.717, 1.165) is 18.4 Å². The van der Waals surface area contributed by atoms with Gasteiger partial charge in [0.15, 0.2) is 0 Å². The fourth-order valence-corrected chi connectivity index (χ4v) is 6.08. The Balaban J connectivity index is 1.76. The number of nitrogens with zero attached hydrogens (tertiary/aromatic N) is 2. The zero-order chi connectivity index (χ0) is 26.6. The van der Waals surface area contributed by atoms with Crippen LogP contribution in [0.3, 0.4) is 0 Å². The number of aromatic nitrogens is 2. The summed E-state index contributed by atoms with van der Waals surface area (Å²) in [5.74, 6) is 1.03. The molecule has 0 amide bonds. The molecule has 3 unspecified atom stereocenters.